The largest absolute Gasteiger partial charge is 0.326 e. The fourth-order valence-electron chi connectivity index (χ4n) is 2.49. The van der Waals surface area contributed by atoms with Crippen LogP contribution in [0.2, 0.25) is 5.02 Å². The van der Waals surface area contributed by atoms with Crippen LogP contribution in [0.5, 0.6) is 0 Å². The van der Waals surface area contributed by atoms with Gasteiger partial charge in [-0.1, -0.05) is 29.8 Å². The van der Waals surface area contributed by atoms with E-state index in [0.29, 0.717) is 27.0 Å². The Morgan fingerprint density at radius 2 is 1.96 bits per heavy atom. The van der Waals surface area contributed by atoms with Gasteiger partial charge in [-0.15, -0.1) is 0 Å². The zero-order valence-corrected chi connectivity index (χ0v) is 14.5. The van der Waals surface area contributed by atoms with Crippen molar-refractivity contribution in [3.63, 3.8) is 0 Å². The Kier molecular flexibility index (Phi) is 4.71. The van der Waals surface area contributed by atoms with E-state index in [-0.39, 0.29) is 17.2 Å². The van der Waals surface area contributed by atoms with E-state index in [9.17, 15) is 13.2 Å². The lowest BCUT2D eigenvalue weighted by atomic mass is 10.1. The van der Waals surface area contributed by atoms with Crippen molar-refractivity contribution in [1.82, 2.24) is 4.98 Å². The van der Waals surface area contributed by atoms with E-state index in [0.717, 1.165) is 0 Å². The minimum absolute atomic E-state index is 0.0682. The molecular weight excluding hydrogens is 362 g/mol. The number of amides is 1. The second-order valence-corrected chi connectivity index (χ2v) is 7.37. The number of carbonyl (C=O) groups excluding carboxylic acids is 1. The number of pyridine rings is 1. The number of carbonyl (C=O) groups is 1. The summed E-state index contributed by atoms with van der Waals surface area (Å²) in [5, 5.41) is 9.46. The van der Waals surface area contributed by atoms with Crippen molar-refractivity contribution in [2.75, 3.05) is 5.32 Å². The van der Waals surface area contributed by atoms with Gasteiger partial charge < -0.3 is 5.32 Å². The summed E-state index contributed by atoms with van der Waals surface area (Å²) in [6, 6.07) is 11.7. The molecule has 0 saturated heterocycles. The number of hydrogen-bond acceptors (Lipinski definition) is 4. The summed E-state index contributed by atoms with van der Waals surface area (Å²) < 4.78 is 23.7. The number of nitrogens with two attached hydrogens (primary N) is 1. The summed E-state index contributed by atoms with van der Waals surface area (Å²) >= 11 is 6.05. The molecule has 0 bridgehead atoms. The average Bonchev–Trinajstić information content (AvgIpc) is 2.55. The van der Waals surface area contributed by atoms with Crippen LogP contribution in [0.4, 0.5) is 5.69 Å². The van der Waals surface area contributed by atoms with Gasteiger partial charge in [0.05, 0.1) is 11.3 Å². The first-order valence-electron chi connectivity index (χ1n) is 7.28. The van der Waals surface area contributed by atoms with Crippen molar-refractivity contribution in [1.29, 1.82) is 0 Å². The molecule has 0 unspecified atom stereocenters. The maximum atomic E-state index is 12.3. The number of anilines is 1. The maximum absolute atomic E-state index is 12.3. The van der Waals surface area contributed by atoms with Crippen LogP contribution in [0.3, 0.4) is 0 Å². The van der Waals surface area contributed by atoms with Crippen LogP contribution in [-0.2, 0) is 21.2 Å². The first-order valence-corrected chi connectivity index (χ1v) is 9.21. The van der Waals surface area contributed by atoms with Gasteiger partial charge in [-0.3, -0.25) is 9.78 Å². The minimum atomic E-state index is -3.97. The van der Waals surface area contributed by atoms with Gasteiger partial charge in [0.2, 0.25) is 15.9 Å². The predicted octanol–water partition coefficient (Wildman–Crippen LogP) is 2.72. The third-order valence-electron chi connectivity index (χ3n) is 3.62. The van der Waals surface area contributed by atoms with Crippen LogP contribution in [0.25, 0.3) is 10.8 Å². The molecule has 3 aromatic rings. The second kappa shape index (κ2) is 6.79. The van der Waals surface area contributed by atoms with Gasteiger partial charge in [0, 0.05) is 28.5 Å². The third-order valence-corrected chi connectivity index (χ3v) is 4.94. The highest BCUT2D eigenvalue weighted by Crippen LogP contribution is 2.26. The van der Waals surface area contributed by atoms with E-state index in [2.05, 4.69) is 10.3 Å². The Labute approximate surface area is 149 Å². The van der Waals surface area contributed by atoms with Crippen molar-refractivity contribution < 1.29 is 13.2 Å². The molecule has 0 atom stereocenters. The number of halogens is 1. The molecule has 0 aliphatic rings. The topological polar surface area (TPSA) is 102 Å². The van der Waals surface area contributed by atoms with E-state index in [1.54, 1.807) is 36.4 Å². The number of hydrogen-bond donors (Lipinski definition) is 2. The van der Waals surface area contributed by atoms with Gasteiger partial charge in [0.25, 0.3) is 0 Å². The highest BCUT2D eigenvalue weighted by Gasteiger charge is 2.16. The normalized spacial score (nSPS) is 11.4. The summed E-state index contributed by atoms with van der Waals surface area (Å²) in [7, 11) is -3.97. The SMILES string of the molecule is NS(=O)(=O)c1cc(NC(=O)Cc2ccccc2Cl)cc2ccncc12. The first kappa shape index (κ1) is 17.3. The highest BCUT2D eigenvalue weighted by atomic mass is 35.5. The van der Waals surface area contributed by atoms with E-state index >= 15 is 0 Å². The molecule has 2 aromatic carbocycles. The zero-order chi connectivity index (χ0) is 18.0. The molecule has 0 saturated carbocycles. The summed E-state index contributed by atoms with van der Waals surface area (Å²) in [5.41, 5.74) is 1.01. The molecule has 0 aliphatic heterocycles. The molecular formula is C17H14ClN3O3S. The lowest BCUT2D eigenvalue weighted by Gasteiger charge is -2.10. The van der Waals surface area contributed by atoms with Gasteiger partial charge in [0.1, 0.15) is 0 Å². The van der Waals surface area contributed by atoms with Crippen molar-refractivity contribution in [2.24, 2.45) is 5.14 Å². The monoisotopic (exact) mass is 375 g/mol. The first-order chi connectivity index (χ1) is 11.8. The molecule has 0 radical (unpaired) electrons. The molecule has 3 N–H and O–H groups in total. The van der Waals surface area contributed by atoms with Gasteiger partial charge in [-0.2, -0.15) is 0 Å². The number of rotatable bonds is 4. The quantitative estimate of drug-likeness (QED) is 0.731. The molecule has 1 aromatic heterocycles. The van der Waals surface area contributed by atoms with Crippen LogP contribution in [0.1, 0.15) is 5.56 Å². The number of nitrogens with zero attached hydrogens (tertiary/aromatic N) is 1. The zero-order valence-electron chi connectivity index (χ0n) is 12.9. The summed E-state index contributed by atoms with van der Waals surface area (Å²) in [6.07, 6.45) is 3.02. The van der Waals surface area contributed by atoms with Crippen LogP contribution in [0, 0.1) is 0 Å². The lowest BCUT2D eigenvalue weighted by molar-refractivity contribution is -0.115. The molecule has 0 fully saturated rings. The van der Waals surface area contributed by atoms with Crippen molar-refractivity contribution in [3.05, 3.63) is 65.4 Å². The standard InChI is InChI=1S/C17H14ClN3O3S/c18-15-4-2-1-3-12(15)8-17(22)21-13-7-11-5-6-20-10-14(11)16(9-13)25(19,23)24/h1-7,9-10H,8H2,(H,21,22)(H2,19,23,24). The number of primary sulfonamides is 1. The summed E-state index contributed by atoms with van der Waals surface area (Å²) in [5.74, 6) is -0.318. The van der Waals surface area contributed by atoms with Crippen molar-refractivity contribution in [2.45, 2.75) is 11.3 Å². The fourth-order valence-corrected chi connectivity index (χ4v) is 3.46. The Bertz CT molecular complexity index is 1070. The van der Waals surface area contributed by atoms with Crippen LogP contribution in [-0.4, -0.2) is 19.3 Å². The number of sulfonamides is 1. The minimum Gasteiger partial charge on any atom is -0.326 e. The number of fused-ring (bicyclic) bond motifs is 1. The lowest BCUT2D eigenvalue weighted by Crippen LogP contribution is -2.17. The summed E-state index contributed by atoms with van der Waals surface area (Å²) in [4.78, 5) is 16.1. The Morgan fingerprint density at radius 3 is 2.68 bits per heavy atom. The highest BCUT2D eigenvalue weighted by molar-refractivity contribution is 7.89. The van der Waals surface area contributed by atoms with E-state index in [1.165, 1.54) is 18.5 Å². The third kappa shape index (κ3) is 3.96. The van der Waals surface area contributed by atoms with E-state index in [4.69, 9.17) is 16.7 Å². The van der Waals surface area contributed by atoms with Gasteiger partial charge in [-0.05, 0) is 35.2 Å². The van der Waals surface area contributed by atoms with Crippen molar-refractivity contribution in [3.8, 4) is 0 Å². The smallest absolute Gasteiger partial charge is 0.238 e. The van der Waals surface area contributed by atoms with Crippen LogP contribution in [0.15, 0.2) is 59.8 Å². The Morgan fingerprint density at radius 1 is 1.20 bits per heavy atom. The number of aromatic nitrogens is 1. The van der Waals surface area contributed by atoms with Gasteiger partial charge in [-0.25, -0.2) is 13.6 Å². The molecule has 128 valence electrons. The maximum Gasteiger partial charge on any atom is 0.238 e. The Balaban J connectivity index is 1.94. The van der Waals surface area contributed by atoms with Gasteiger partial charge in [0.15, 0.2) is 0 Å². The molecule has 6 nitrogen and oxygen atoms in total. The van der Waals surface area contributed by atoms with E-state index in [1.807, 2.05) is 0 Å². The van der Waals surface area contributed by atoms with E-state index < -0.39 is 10.0 Å². The molecule has 1 heterocycles. The molecule has 25 heavy (non-hydrogen) atoms. The Hall–Kier alpha value is -2.48. The molecule has 3 rings (SSSR count). The van der Waals surface area contributed by atoms with Crippen LogP contribution >= 0.6 is 11.6 Å². The number of benzene rings is 2. The second-order valence-electron chi connectivity index (χ2n) is 5.43. The average molecular weight is 376 g/mol. The number of nitrogens with one attached hydrogen (secondary N) is 1. The molecule has 8 heteroatoms. The fraction of sp³-hybridized carbons (Fsp3) is 0.0588. The van der Waals surface area contributed by atoms with Gasteiger partial charge >= 0.3 is 0 Å². The predicted molar refractivity (Wildman–Crippen MR) is 96.9 cm³/mol. The molecule has 0 aliphatic carbocycles. The molecule has 0 spiro atoms. The van der Waals surface area contributed by atoms with Crippen LogP contribution < -0.4 is 10.5 Å². The summed E-state index contributed by atoms with van der Waals surface area (Å²) in [6.45, 7) is 0. The molecule has 1 amide bonds. The van der Waals surface area contributed by atoms with Crippen molar-refractivity contribution >= 4 is 44.0 Å².